The summed E-state index contributed by atoms with van der Waals surface area (Å²) in [5, 5.41) is 4.31. The first-order valence-corrected chi connectivity index (χ1v) is 9.54. The third-order valence-corrected chi connectivity index (χ3v) is 5.34. The van der Waals surface area contributed by atoms with Gasteiger partial charge in [0.1, 0.15) is 0 Å². The van der Waals surface area contributed by atoms with Gasteiger partial charge in [-0.05, 0) is 25.1 Å². The van der Waals surface area contributed by atoms with E-state index in [0.29, 0.717) is 6.04 Å². The first kappa shape index (κ1) is 20.0. The Morgan fingerprint density at radius 2 is 1.96 bits per heavy atom. The van der Waals surface area contributed by atoms with Crippen LogP contribution in [0.2, 0.25) is 5.02 Å². The van der Waals surface area contributed by atoms with Gasteiger partial charge >= 0.3 is 0 Å². The van der Waals surface area contributed by atoms with Crippen molar-refractivity contribution < 1.29 is 0 Å². The van der Waals surface area contributed by atoms with Crippen LogP contribution in [0.1, 0.15) is 19.4 Å². The van der Waals surface area contributed by atoms with Crippen LogP contribution in [0.4, 0.5) is 0 Å². The number of benzene rings is 1. The third kappa shape index (κ3) is 5.87. The van der Waals surface area contributed by atoms with Crippen LogP contribution >= 0.6 is 11.6 Å². The number of hydrogen-bond donors (Lipinski definition) is 1. The van der Waals surface area contributed by atoms with Gasteiger partial charge in [0.2, 0.25) is 0 Å². The summed E-state index contributed by atoms with van der Waals surface area (Å²) in [5.41, 5.74) is 1.11. The molecule has 25 heavy (non-hydrogen) atoms. The molecule has 1 atom stereocenters. The molecule has 0 saturated carbocycles. The number of nitrogens with zero attached hydrogens (tertiary/aromatic N) is 4. The second kappa shape index (κ2) is 10.00. The highest BCUT2D eigenvalue weighted by atomic mass is 35.5. The van der Waals surface area contributed by atoms with E-state index >= 15 is 0 Å². The Labute approximate surface area is 157 Å². The molecule has 0 amide bonds. The summed E-state index contributed by atoms with van der Waals surface area (Å²) in [6, 6.07) is 8.45. The summed E-state index contributed by atoms with van der Waals surface area (Å²) < 4.78 is 0. The molecule has 140 valence electrons. The van der Waals surface area contributed by atoms with Gasteiger partial charge in [-0.1, -0.05) is 36.7 Å². The molecular formula is C19H32ClN5. The lowest BCUT2D eigenvalue weighted by Crippen LogP contribution is -2.53. The average molecular weight is 366 g/mol. The standard InChI is InChI=1S/C19H32ClN5/c1-5-24-10-12-25(13-11-24)16(2)14-22-19(21-3)23(4)15-17-8-6-7-9-18(17)20/h6-9,16H,5,10-15H2,1-4H3,(H,21,22). The smallest absolute Gasteiger partial charge is 0.193 e. The molecule has 0 spiro atoms. The minimum atomic E-state index is 0.490. The normalized spacial score (nSPS) is 18.2. The molecule has 1 N–H and O–H groups in total. The van der Waals surface area contributed by atoms with Crippen molar-refractivity contribution in [2.24, 2.45) is 4.99 Å². The maximum absolute atomic E-state index is 6.27. The van der Waals surface area contributed by atoms with Crippen molar-refractivity contribution >= 4 is 17.6 Å². The van der Waals surface area contributed by atoms with Crippen LogP contribution in [0, 0.1) is 0 Å². The number of guanidine groups is 1. The fourth-order valence-electron chi connectivity index (χ4n) is 3.23. The Morgan fingerprint density at radius 1 is 1.28 bits per heavy atom. The van der Waals surface area contributed by atoms with E-state index in [1.807, 2.05) is 32.3 Å². The van der Waals surface area contributed by atoms with Crippen molar-refractivity contribution in [3.05, 3.63) is 34.9 Å². The Morgan fingerprint density at radius 3 is 2.56 bits per heavy atom. The quantitative estimate of drug-likeness (QED) is 0.620. The Kier molecular flexibility index (Phi) is 8.00. The molecule has 1 aliphatic rings. The van der Waals surface area contributed by atoms with Gasteiger partial charge in [-0.3, -0.25) is 9.89 Å². The molecule has 0 aromatic heterocycles. The van der Waals surface area contributed by atoms with Crippen LogP contribution in [-0.4, -0.2) is 80.1 Å². The van der Waals surface area contributed by atoms with Crippen molar-refractivity contribution in [3.8, 4) is 0 Å². The molecule has 6 heteroatoms. The summed E-state index contributed by atoms with van der Waals surface area (Å²) in [4.78, 5) is 11.6. The number of hydrogen-bond acceptors (Lipinski definition) is 3. The van der Waals surface area contributed by atoms with Gasteiger partial charge in [0.05, 0.1) is 0 Å². The van der Waals surface area contributed by atoms with Crippen molar-refractivity contribution in [3.63, 3.8) is 0 Å². The zero-order chi connectivity index (χ0) is 18.2. The predicted octanol–water partition coefficient (Wildman–Crippen LogP) is 2.37. The van der Waals surface area contributed by atoms with E-state index in [1.165, 1.54) is 13.1 Å². The zero-order valence-electron chi connectivity index (χ0n) is 16.0. The molecule has 2 rings (SSSR count). The molecule has 1 aromatic carbocycles. The van der Waals surface area contributed by atoms with Crippen molar-refractivity contribution in [2.45, 2.75) is 26.4 Å². The van der Waals surface area contributed by atoms with Crippen LogP contribution in [0.25, 0.3) is 0 Å². The van der Waals surface area contributed by atoms with E-state index in [4.69, 9.17) is 11.6 Å². The topological polar surface area (TPSA) is 34.1 Å². The lowest BCUT2D eigenvalue weighted by atomic mass is 10.2. The largest absolute Gasteiger partial charge is 0.355 e. The number of aliphatic imine (C=N–C) groups is 1. The van der Waals surface area contributed by atoms with Crippen LogP contribution in [0.3, 0.4) is 0 Å². The first-order valence-electron chi connectivity index (χ1n) is 9.16. The predicted molar refractivity (Wildman–Crippen MR) is 107 cm³/mol. The van der Waals surface area contributed by atoms with Gasteiger partial charge in [0.25, 0.3) is 0 Å². The van der Waals surface area contributed by atoms with Gasteiger partial charge < -0.3 is 15.1 Å². The average Bonchev–Trinajstić information content (AvgIpc) is 2.64. The molecule has 1 unspecified atom stereocenters. The molecule has 0 aliphatic carbocycles. The molecule has 0 radical (unpaired) electrons. The van der Waals surface area contributed by atoms with Crippen LogP contribution in [-0.2, 0) is 6.54 Å². The van der Waals surface area contributed by atoms with Gasteiger partial charge in [-0.25, -0.2) is 0 Å². The molecule has 0 bridgehead atoms. The van der Waals surface area contributed by atoms with E-state index in [2.05, 4.69) is 44.9 Å². The van der Waals surface area contributed by atoms with E-state index in [-0.39, 0.29) is 0 Å². The summed E-state index contributed by atoms with van der Waals surface area (Å²) in [7, 11) is 3.87. The van der Waals surface area contributed by atoms with Crippen molar-refractivity contribution in [1.82, 2.24) is 20.0 Å². The summed E-state index contributed by atoms with van der Waals surface area (Å²) in [6.07, 6.45) is 0. The van der Waals surface area contributed by atoms with Crippen LogP contribution < -0.4 is 5.32 Å². The fraction of sp³-hybridized carbons (Fsp3) is 0.632. The Balaban J connectivity index is 1.82. The maximum Gasteiger partial charge on any atom is 0.193 e. The highest BCUT2D eigenvalue weighted by Crippen LogP contribution is 2.16. The summed E-state index contributed by atoms with van der Waals surface area (Å²) in [6.45, 7) is 11.9. The zero-order valence-corrected chi connectivity index (χ0v) is 16.8. The summed E-state index contributed by atoms with van der Waals surface area (Å²) in [5.74, 6) is 0.902. The molecule has 1 aliphatic heterocycles. The number of halogens is 1. The maximum atomic E-state index is 6.27. The number of nitrogens with one attached hydrogen (secondary N) is 1. The molecule has 5 nitrogen and oxygen atoms in total. The number of rotatable bonds is 6. The van der Waals surface area contributed by atoms with Crippen molar-refractivity contribution in [2.75, 3.05) is 53.4 Å². The van der Waals surface area contributed by atoms with Gasteiger partial charge in [-0.2, -0.15) is 0 Å². The highest BCUT2D eigenvalue weighted by molar-refractivity contribution is 6.31. The third-order valence-electron chi connectivity index (χ3n) is 4.97. The second-order valence-electron chi connectivity index (χ2n) is 6.69. The van der Waals surface area contributed by atoms with E-state index in [9.17, 15) is 0 Å². The molecular weight excluding hydrogens is 334 g/mol. The summed E-state index contributed by atoms with van der Waals surface area (Å²) >= 11 is 6.27. The Hall–Kier alpha value is -1.30. The minimum Gasteiger partial charge on any atom is -0.355 e. The van der Waals surface area contributed by atoms with Gasteiger partial charge in [-0.15, -0.1) is 0 Å². The number of piperazine rings is 1. The van der Waals surface area contributed by atoms with E-state index in [1.54, 1.807) is 0 Å². The minimum absolute atomic E-state index is 0.490. The first-order chi connectivity index (χ1) is 12.0. The van der Waals surface area contributed by atoms with Crippen LogP contribution in [0.5, 0.6) is 0 Å². The van der Waals surface area contributed by atoms with E-state index in [0.717, 1.165) is 49.3 Å². The molecule has 1 heterocycles. The monoisotopic (exact) mass is 365 g/mol. The highest BCUT2D eigenvalue weighted by Gasteiger charge is 2.20. The van der Waals surface area contributed by atoms with Crippen LogP contribution in [0.15, 0.2) is 29.3 Å². The van der Waals surface area contributed by atoms with E-state index < -0.39 is 0 Å². The number of likely N-dealkylation sites (N-methyl/N-ethyl adjacent to an activating group) is 1. The Bertz CT molecular complexity index is 555. The molecule has 1 aromatic rings. The van der Waals surface area contributed by atoms with Gasteiger partial charge in [0, 0.05) is 64.4 Å². The lowest BCUT2D eigenvalue weighted by molar-refractivity contribution is 0.107. The van der Waals surface area contributed by atoms with Crippen molar-refractivity contribution in [1.29, 1.82) is 0 Å². The molecule has 1 fully saturated rings. The SMILES string of the molecule is CCN1CCN(C(C)CNC(=NC)N(C)Cc2ccccc2Cl)CC1. The lowest BCUT2D eigenvalue weighted by Gasteiger charge is -2.38. The molecule has 1 saturated heterocycles. The fourth-order valence-corrected chi connectivity index (χ4v) is 3.43. The van der Waals surface area contributed by atoms with Gasteiger partial charge in [0.15, 0.2) is 5.96 Å². The second-order valence-corrected chi connectivity index (χ2v) is 7.10.